The summed E-state index contributed by atoms with van der Waals surface area (Å²) in [6, 6.07) is 17.7. The van der Waals surface area contributed by atoms with Gasteiger partial charge in [-0.15, -0.1) is 6.58 Å². The first kappa shape index (κ1) is 20.6. The third-order valence-electron chi connectivity index (χ3n) is 5.82. The highest BCUT2D eigenvalue weighted by molar-refractivity contribution is 5.92. The van der Waals surface area contributed by atoms with Gasteiger partial charge in [-0.3, -0.25) is 0 Å². The molecule has 0 heterocycles. The number of fused-ring (bicyclic) bond motifs is 4. The SMILES string of the molecule is C.C=CCC=CC1=C(C)c2ccccc2C12C(/C=C\C=C/C)=Cc1ccccc12. The van der Waals surface area contributed by atoms with Crippen LogP contribution in [0, 0.1) is 0 Å². The second kappa shape index (κ2) is 8.49. The van der Waals surface area contributed by atoms with Crippen molar-refractivity contribution in [3.8, 4) is 0 Å². The molecule has 29 heavy (non-hydrogen) atoms. The minimum Gasteiger partial charge on any atom is -0.103 e. The summed E-state index contributed by atoms with van der Waals surface area (Å²) in [5.41, 5.74) is 9.23. The fraction of sp³-hybridized carbons (Fsp3) is 0.172. The maximum absolute atomic E-state index is 3.88. The van der Waals surface area contributed by atoms with E-state index in [-0.39, 0.29) is 12.8 Å². The molecule has 0 N–H and O–H groups in total. The predicted octanol–water partition coefficient (Wildman–Crippen LogP) is 8.06. The van der Waals surface area contributed by atoms with E-state index in [1.54, 1.807) is 0 Å². The van der Waals surface area contributed by atoms with Gasteiger partial charge in [0.05, 0.1) is 5.41 Å². The summed E-state index contributed by atoms with van der Waals surface area (Å²) in [6.45, 7) is 8.19. The fourth-order valence-electron chi connectivity index (χ4n) is 4.68. The molecule has 2 aliphatic rings. The fourth-order valence-corrected chi connectivity index (χ4v) is 4.68. The normalized spacial score (nSPS) is 19.9. The molecule has 0 saturated heterocycles. The Balaban J connectivity index is 0.00000240. The summed E-state index contributed by atoms with van der Waals surface area (Å²) in [4.78, 5) is 0. The summed E-state index contributed by atoms with van der Waals surface area (Å²) in [6.07, 6.45) is 18.3. The number of rotatable bonds is 5. The summed E-state index contributed by atoms with van der Waals surface area (Å²) < 4.78 is 0. The maximum Gasteiger partial charge on any atom is 0.0716 e. The van der Waals surface area contributed by atoms with Gasteiger partial charge in [0.1, 0.15) is 0 Å². The number of hydrogen-bond acceptors (Lipinski definition) is 0. The largest absolute Gasteiger partial charge is 0.103 e. The number of hydrogen-bond donors (Lipinski definition) is 0. The van der Waals surface area contributed by atoms with Gasteiger partial charge in [0, 0.05) is 0 Å². The van der Waals surface area contributed by atoms with Crippen LogP contribution in [-0.4, -0.2) is 0 Å². The Kier molecular flexibility index (Phi) is 6.03. The number of allylic oxidation sites excluding steroid dienone is 10. The van der Waals surface area contributed by atoms with E-state index in [0.717, 1.165) is 6.42 Å². The lowest BCUT2D eigenvalue weighted by Gasteiger charge is -2.32. The van der Waals surface area contributed by atoms with E-state index < -0.39 is 0 Å². The molecule has 2 aromatic carbocycles. The van der Waals surface area contributed by atoms with E-state index in [1.165, 1.54) is 39.0 Å². The maximum atomic E-state index is 3.88. The molecule has 4 rings (SSSR count). The van der Waals surface area contributed by atoms with Gasteiger partial charge in [0.2, 0.25) is 0 Å². The standard InChI is InChI=1S/C28H26.CH4/c1-4-6-8-15-23-20-22-14-10-12-18-26(22)28(23)25(17-9-7-5-2)21(3)24-16-11-13-19-27(24)28;/h4-6,8-20H,2,7H2,1,3H3;1H4/b6-4-,15-8-,17-9?;. The molecule has 1 unspecified atom stereocenters. The minimum atomic E-state index is -0.243. The third-order valence-corrected chi connectivity index (χ3v) is 5.82. The summed E-state index contributed by atoms with van der Waals surface area (Å²) in [7, 11) is 0. The molecule has 0 nitrogen and oxygen atoms in total. The van der Waals surface area contributed by atoms with Gasteiger partial charge in [-0.2, -0.15) is 0 Å². The van der Waals surface area contributed by atoms with Gasteiger partial charge in [-0.1, -0.05) is 98.5 Å². The Morgan fingerprint density at radius 3 is 2.41 bits per heavy atom. The second-order valence-corrected chi connectivity index (χ2v) is 7.33. The van der Waals surface area contributed by atoms with Crippen molar-refractivity contribution in [3.05, 3.63) is 131 Å². The molecule has 146 valence electrons. The summed E-state index contributed by atoms with van der Waals surface area (Å²) in [5, 5.41) is 0. The zero-order valence-corrected chi connectivity index (χ0v) is 16.7. The van der Waals surface area contributed by atoms with E-state index in [0.29, 0.717) is 0 Å². The highest BCUT2D eigenvalue weighted by Gasteiger charge is 2.49. The van der Waals surface area contributed by atoms with E-state index in [2.05, 4.69) is 111 Å². The molecule has 0 radical (unpaired) electrons. The van der Waals surface area contributed by atoms with E-state index in [9.17, 15) is 0 Å². The van der Waals surface area contributed by atoms with Gasteiger partial charge < -0.3 is 0 Å². The Morgan fingerprint density at radius 1 is 0.931 bits per heavy atom. The second-order valence-electron chi connectivity index (χ2n) is 7.33. The average Bonchev–Trinajstić information content (AvgIpc) is 3.18. The first-order valence-corrected chi connectivity index (χ1v) is 9.94. The molecule has 1 atom stereocenters. The van der Waals surface area contributed by atoms with Gasteiger partial charge in [0.15, 0.2) is 0 Å². The Bertz CT molecular complexity index is 1070. The predicted molar refractivity (Wildman–Crippen MR) is 129 cm³/mol. The van der Waals surface area contributed by atoms with Gasteiger partial charge in [0.25, 0.3) is 0 Å². The lowest BCUT2D eigenvalue weighted by Crippen LogP contribution is -2.27. The Morgan fingerprint density at radius 2 is 1.66 bits per heavy atom. The van der Waals surface area contributed by atoms with Crippen LogP contribution in [0.4, 0.5) is 0 Å². The molecular formula is C29H30. The van der Waals surface area contributed by atoms with Crippen molar-refractivity contribution < 1.29 is 0 Å². The lowest BCUT2D eigenvalue weighted by molar-refractivity contribution is 0.778. The Hall–Kier alpha value is -3.12. The van der Waals surface area contributed by atoms with Crippen molar-refractivity contribution >= 4 is 11.6 Å². The van der Waals surface area contributed by atoms with Gasteiger partial charge in [-0.25, -0.2) is 0 Å². The summed E-state index contributed by atoms with van der Waals surface area (Å²) >= 11 is 0. The molecule has 0 aromatic heterocycles. The van der Waals surface area contributed by atoms with Crippen LogP contribution >= 0.6 is 0 Å². The minimum absolute atomic E-state index is 0. The van der Waals surface area contributed by atoms with Crippen LogP contribution in [0.15, 0.2) is 109 Å². The molecule has 2 aliphatic carbocycles. The molecule has 1 spiro atoms. The van der Waals surface area contributed by atoms with Gasteiger partial charge in [-0.05, 0) is 65.3 Å². The molecule has 2 aromatic rings. The first-order valence-electron chi connectivity index (χ1n) is 9.94. The van der Waals surface area contributed by atoms with Crippen LogP contribution in [0.1, 0.15) is 49.9 Å². The highest BCUT2D eigenvalue weighted by atomic mass is 14.5. The Labute approximate surface area is 176 Å². The van der Waals surface area contributed by atoms with E-state index in [1.807, 2.05) is 6.08 Å². The van der Waals surface area contributed by atoms with Crippen LogP contribution in [0.25, 0.3) is 11.6 Å². The van der Waals surface area contributed by atoms with Crippen LogP contribution in [0.3, 0.4) is 0 Å². The highest BCUT2D eigenvalue weighted by Crippen LogP contribution is 2.59. The first-order chi connectivity index (χ1) is 13.7. The quantitative estimate of drug-likeness (QED) is 0.364. The summed E-state index contributed by atoms with van der Waals surface area (Å²) in [5.74, 6) is 0. The van der Waals surface area contributed by atoms with Crippen molar-refractivity contribution in [3.63, 3.8) is 0 Å². The monoisotopic (exact) mass is 378 g/mol. The van der Waals surface area contributed by atoms with E-state index in [4.69, 9.17) is 0 Å². The van der Waals surface area contributed by atoms with Crippen molar-refractivity contribution in [2.75, 3.05) is 0 Å². The molecular weight excluding hydrogens is 348 g/mol. The van der Waals surface area contributed by atoms with Crippen LogP contribution in [0.2, 0.25) is 0 Å². The topological polar surface area (TPSA) is 0 Å². The van der Waals surface area contributed by atoms with Crippen LogP contribution < -0.4 is 0 Å². The molecule has 0 bridgehead atoms. The molecule has 0 saturated carbocycles. The van der Waals surface area contributed by atoms with Crippen LogP contribution in [-0.2, 0) is 5.41 Å². The smallest absolute Gasteiger partial charge is 0.0716 e. The van der Waals surface area contributed by atoms with Crippen LogP contribution in [0.5, 0.6) is 0 Å². The van der Waals surface area contributed by atoms with E-state index >= 15 is 0 Å². The zero-order chi connectivity index (χ0) is 19.6. The van der Waals surface area contributed by atoms with Crippen molar-refractivity contribution in [1.29, 1.82) is 0 Å². The molecule has 0 aliphatic heterocycles. The zero-order valence-electron chi connectivity index (χ0n) is 16.7. The molecule has 0 fully saturated rings. The van der Waals surface area contributed by atoms with Crippen molar-refractivity contribution in [1.82, 2.24) is 0 Å². The molecule has 0 heteroatoms. The number of benzene rings is 2. The van der Waals surface area contributed by atoms with Gasteiger partial charge >= 0.3 is 0 Å². The molecule has 0 amide bonds. The van der Waals surface area contributed by atoms with Crippen molar-refractivity contribution in [2.24, 2.45) is 0 Å². The van der Waals surface area contributed by atoms with Crippen molar-refractivity contribution in [2.45, 2.75) is 33.1 Å². The third kappa shape index (κ3) is 3.09. The average molecular weight is 379 g/mol. The lowest BCUT2D eigenvalue weighted by atomic mass is 9.68.